The topological polar surface area (TPSA) is 23.8 Å². The molecular weight excluding hydrogens is 160 g/mol. The van der Waals surface area contributed by atoms with E-state index in [1.165, 1.54) is 19.3 Å². The molecule has 0 aliphatic carbocycles. The van der Waals surface area contributed by atoms with Crippen molar-refractivity contribution in [2.75, 3.05) is 26.2 Å². The predicted octanol–water partition coefficient (Wildman–Crippen LogP) is 2.56. The Morgan fingerprint density at radius 1 is 0.923 bits per heavy atom. The van der Waals surface area contributed by atoms with Crippen LogP contribution in [-0.4, -0.2) is 30.7 Å². The van der Waals surface area contributed by atoms with E-state index in [2.05, 4.69) is 26.8 Å². The molecule has 0 radical (unpaired) electrons. The third kappa shape index (κ3) is 4.28. The second kappa shape index (κ2) is 6.91. The molecule has 0 N–H and O–H groups in total. The van der Waals surface area contributed by atoms with E-state index in [1.807, 2.05) is 0 Å². The number of nitrogens with zero attached hydrogens (tertiary/aromatic N) is 2. The summed E-state index contributed by atoms with van der Waals surface area (Å²) in [4.78, 5) is 0. The minimum atomic E-state index is 0.690. The fraction of sp³-hybridized carbons (Fsp3) is 0.909. The van der Waals surface area contributed by atoms with E-state index in [0.29, 0.717) is 6.54 Å². The monoisotopic (exact) mass is 183 g/mol. The molecule has 0 atom stereocenters. The molecule has 0 aliphatic rings. The van der Waals surface area contributed by atoms with Crippen LogP contribution < -0.4 is 0 Å². The van der Waals surface area contributed by atoms with Gasteiger partial charge in [0.05, 0.1) is 19.6 Å². The molecule has 0 aromatic carbocycles. The van der Waals surface area contributed by atoms with Crippen LogP contribution in [0.15, 0.2) is 0 Å². The minimum Gasteiger partial charge on any atom is -0.312 e. The zero-order valence-corrected chi connectivity index (χ0v) is 9.34. The number of quaternary nitrogens is 1. The van der Waals surface area contributed by atoms with Gasteiger partial charge in [-0.25, -0.2) is 0 Å². The van der Waals surface area contributed by atoms with E-state index in [9.17, 15) is 0 Å². The second-order valence-electron chi connectivity index (χ2n) is 3.83. The van der Waals surface area contributed by atoms with Gasteiger partial charge in [-0.1, -0.05) is 20.8 Å². The zero-order valence-electron chi connectivity index (χ0n) is 9.34. The Balaban J connectivity index is 4.29. The number of rotatable bonds is 7. The van der Waals surface area contributed by atoms with Gasteiger partial charge in [-0.3, -0.25) is 0 Å². The molecule has 0 unspecified atom stereocenters. The first kappa shape index (κ1) is 12.4. The van der Waals surface area contributed by atoms with Crippen molar-refractivity contribution in [1.29, 1.82) is 5.26 Å². The minimum absolute atomic E-state index is 0.690. The van der Waals surface area contributed by atoms with Gasteiger partial charge in [0.25, 0.3) is 0 Å². The quantitative estimate of drug-likeness (QED) is 0.439. The van der Waals surface area contributed by atoms with Gasteiger partial charge in [-0.2, -0.15) is 5.26 Å². The van der Waals surface area contributed by atoms with Crippen LogP contribution in [-0.2, 0) is 0 Å². The van der Waals surface area contributed by atoms with E-state index in [-0.39, 0.29) is 0 Å². The lowest BCUT2D eigenvalue weighted by Crippen LogP contribution is -2.49. The lowest BCUT2D eigenvalue weighted by molar-refractivity contribution is -0.921. The zero-order chi connectivity index (χ0) is 10.2. The normalized spacial score (nSPS) is 11.2. The van der Waals surface area contributed by atoms with Crippen molar-refractivity contribution in [2.45, 2.75) is 40.0 Å². The highest BCUT2D eigenvalue weighted by molar-refractivity contribution is 4.68. The number of hydrogen-bond donors (Lipinski definition) is 0. The van der Waals surface area contributed by atoms with Crippen LogP contribution in [0.1, 0.15) is 40.0 Å². The van der Waals surface area contributed by atoms with E-state index in [0.717, 1.165) is 24.1 Å². The van der Waals surface area contributed by atoms with Crippen LogP contribution in [0, 0.1) is 11.3 Å². The van der Waals surface area contributed by atoms with E-state index < -0.39 is 0 Å². The van der Waals surface area contributed by atoms with Crippen molar-refractivity contribution >= 4 is 0 Å². The fourth-order valence-corrected chi connectivity index (χ4v) is 2.15. The molecule has 0 bridgehead atoms. The van der Waals surface area contributed by atoms with Crippen LogP contribution in [0.25, 0.3) is 0 Å². The Morgan fingerprint density at radius 3 is 1.54 bits per heavy atom. The molecule has 0 amide bonds. The molecule has 0 saturated carbocycles. The van der Waals surface area contributed by atoms with E-state index in [4.69, 9.17) is 5.26 Å². The molecule has 0 spiro atoms. The molecule has 0 saturated heterocycles. The Hall–Kier alpha value is -0.550. The molecule has 0 aromatic rings. The molecule has 0 aliphatic heterocycles. The van der Waals surface area contributed by atoms with Crippen molar-refractivity contribution in [2.24, 2.45) is 0 Å². The highest BCUT2D eigenvalue weighted by atomic mass is 15.3. The van der Waals surface area contributed by atoms with Gasteiger partial charge in [-0.05, 0) is 19.3 Å². The van der Waals surface area contributed by atoms with Gasteiger partial charge in [0.1, 0.15) is 6.07 Å². The van der Waals surface area contributed by atoms with Gasteiger partial charge in [0, 0.05) is 0 Å². The molecule has 76 valence electrons. The second-order valence-corrected chi connectivity index (χ2v) is 3.83. The summed E-state index contributed by atoms with van der Waals surface area (Å²) in [7, 11) is 0. The Morgan fingerprint density at radius 2 is 1.31 bits per heavy atom. The third-order valence-corrected chi connectivity index (χ3v) is 2.50. The lowest BCUT2D eigenvalue weighted by Gasteiger charge is -2.36. The maximum atomic E-state index is 8.82. The Labute approximate surface area is 82.8 Å². The van der Waals surface area contributed by atoms with Gasteiger partial charge >= 0.3 is 0 Å². The summed E-state index contributed by atoms with van der Waals surface area (Å²) in [5.41, 5.74) is 0. The average Bonchev–Trinajstić information content (AvgIpc) is 2.06. The van der Waals surface area contributed by atoms with Gasteiger partial charge < -0.3 is 4.48 Å². The summed E-state index contributed by atoms with van der Waals surface area (Å²) in [6.07, 6.45) is 3.55. The SMILES string of the molecule is CCC[N+](CC#N)(CCC)CCC. The van der Waals surface area contributed by atoms with E-state index in [1.54, 1.807) is 0 Å². The molecule has 0 aromatic heterocycles. The standard InChI is InChI=1S/C11H23N2/c1-4-8-13(9-5-2,10-6-3)11-7-12/h4-6,8-11H2,1-3H3/q+1. The van der Waals surface area contributed by atoms with Crippen LogP contribution in [0.5, 0.6) is 0 Å². The largest absolute Gasteiger partial charge is 0.312 e. The number of hydrogen-bond acceptors (Lipinski definition) is 1. The molecule has 0 heterocycles. The summed E-state index contributed by atoms with van der Waals surface area (Å²) in [5, 5.41) is 8.82. The smallest absolute Gasteiger partial charge is 0.166 e. The van der Waals surface area contributed by atoms with Crippen molar-refractivity contribution in [1.82, 2.24) is 0 Å². The highest BCUT2D eigenvalue weighted by Crippen LogP contribution is 2.10. The van der Waals surface area contributed by atoms with Crippen molar-refractivity contribution in [3.8, 4) is 6.07 Å². The van der Waals surface area contributed by atoms with Gasteiger partial charge in [0.2, 0.25) is 0 Å². The molecular formula is C11H23N2+. The van der Waals surface area contributed by atoms with E-state index >= 15 is 0 Å². The molecule has 0 fully saturated rings. The summed E-state index contributed by atoms with van der Waals surface area (Å²) in [6, 6.07) is 2.34. The number of nitriles is 1. The van der Waals surface area contributed by atoms with Gasteiger partial charge in [-0.15, -0.1) is 0 Å². The third-order valence-electron chi connectivity index (χ3n) is 2.50. The average molecular weight is 183 g/mol. The molecule has 2 heteroatoms. The first-order valence-corrected chi connectivity index (χ1v) is 5.46. The van der Waals surface area contributed by atoms with Crippen molar-refractivity contribution in [3.05, 3.63) is 0 Å². The first-order valence-electron chi connectivity index (χ1n) is 5.46. The highest BCUT2D eigenvalue weighted by Gasteiger charge is 2.23. The summed E-state index contributed by atoms with van der Waals surface area (Å²) < 4.78 is 1.01. The summed E-state index contributed by atoms with van der Waals surface area (Å²) >= 11 is 0. The van der Waals surface area contributed by atoms with Gasteiger partial charge in [0.15, 0.2) is 6.54 Å². The van der Waals surface area contributed by atoms with Crippen LogP contribution >= 0.6 is 0 Å². The Kier molecular flexibility index (Phi) is 6.62. The fourth-order valence-electron chi connectivity index (χ4n) is 2.15. The van der Waals surface area contributed by atoms with Crippen LogP contribution in [0.2, 0.25) is 0 Å². The first-order chi connectivity index (χ1) is 6.24. The molecule has 0 rings (SSSR count). The maximum Gasteiger partial charge on any atom is 0.166 e. The predicted molar refractivity (Wildman–Crippen MR) is 56.2 cm³/mol. The molecule has 13 heavy (non-hydrogen) atoms. The lowest BCUT2D eigenvalue weighted by atomic mass is 10.2. The summed E-state index contributed by atoms with van der Waals surface area (Å²) in [5.74, 6) is 0. The maximum absolute atomic E-state index is 8.82. The summed E-state index contributed by atoms with van der Waals surface area (Å²) in [6.45, 7) is 10.8. The van der Waals surface area contributed by atoms with Crippen LogP contribution in [0.3, 0.4) is 0 Å². The molecule has 2 nitrogen and oxygen atoms in total. The Bertz CT molecular complexity index is 141. The van der Waals surface area contributed by atoms with Crippen LogP contribution in [0.4, 0.5) is 0 Å². The van der Waals surface area contributed by atoms with Crippen molar-refractivity contribution < 1.29 is 4.48 Å². The van der Waals surface area contributed by atoms with Crippen molar-refractivity contribution in [3.63, 3.8) is 0 Å².